The maximum atomic E-state index is 13.0. The van der Waals surface area contributed by atoms with Gasteiger partial charge >= 0.3 is 13.6 Å². The summed E-state index contributed by atoms with van der Waals surface area (Å²) in [4.78, 5) is 27.2. The number of hydrogen-bond acceptors (Lipinski definition) is 7. The minimum atomic E-state index is -2.91. The van der Waals surface area contributed by atoms with Crippen molar-refractivity contribution in [2.24, 2.45) is 0 Å². The third kappa shape index (κ3) is 5.22. The monoisotopic (exact) mass is 518 g/mol. The number of aromatic nitrogens is 3. The van der Waals surface area contributed by atoms with Gasteiger partial charge in [-0.2, -0.15) is 19.1 Å². The molecular weight excluding hydrogens is 485 g/mol. The molecule has 37 heavy (non-hydrogen) atoms. The van der Waals surface area contributed by atoms with Crippen molar-refractivity contribution in [3.63, 3.8) is 0 Å². The summed E-state index contributed by atoms with van der Waals surface area (Å²) in [5, 5.41) is 10.1. The van der Waals surface area contributed by atoms with E-state index in [2.05, 4.69) is 91.4 Å². The quantitative estimate of drug-likeness (QED) is 0.237. The highest BCUT2D eigenvalue weighted by atomic mass is 31.2. The standard InChI is InChI=1S/C27H32N7O2P/c1-4-32(22-16-10-7-11-17-22)37(31-25-26(35)28-27(36)30-29-25,33(5-2)23-18-12-8-13-19-23)34(6-3)24-20-14-9-15-21-24/h7-21H,4-6H2,1-3H3,(H2-,28,29,30,31,35,36)/p+1. The zero-order valence-electron chi connectivity index (χ0n) is 21.3. The highest BCUT2D eigenvalue weighted by Crippen LogP contribution is 2.69. The maximum Gasteiger partial charge on any atom is 0.404 e. The van der Waals surface area contributed by atoms with Crippen LogP contribution >= 0.6 is 7.87 Å². The first kappa shape index (κ1) is 26.0. The van der Waals surface area contributed by atoms with Crippen LogP contribution < -0.4 is 30.3 Å². The Morgan fingerprint density at radius 2 is 1.05 bits per heavy atom. The lowest BCUT2D eigenvalue weighted by Gasteiger charge is -2.47. The normalized spacial score (nSPS) is 11.1. The van der Waals surface area contributed by atoms with Crippen LogP contribution in [0, 0.1) is 0 Å². The molecule has 0 unspecified atom stereocenters. The highest BCUT2D eigenvalue weighted by Gasteiger charge is 2.58. The summed E-state index contributed by atoms with van der Waals surface area (Å²) in [7, 11) is -2.91. The zero-order chi connectivity index (χ0) is 26.3. The van der Waals surface area contributed by atoms with Crippen LogP contribution in [0.5, 0.6) is 0 Å². The van der Waals surface area contributed by atoms with E-state index < -0.39 is 19.1 Å². The van der Waals surface area contributed by atoms with Gasteiger partial charge in [0, 0.05) is 0 Å². The van der Waals surface area contributed by atoms with Crippen molar-refractivity contribution in [3.05, 3.63) is 112 Å². The fourth-order valence-corrected chi connectivity index (χ4v) is 8.69. The largest absolute Gasteiger partial charge is 0.404 e. The van der Waals surface area contributed by atoms with E-state index in [1.54, 1.807) is 0 Å². The topological polar surface area (TPSA) is 100 Å². The summed E-state index contributed by atoms with van der Waals surface area (Å²) in [5.41, 5.74) is 1.76. The zero-order valence-corrected chi connectivity index (χ0v) is 22.2. The molecule has 1 heterocycles. The van der Waals surface area contributed by atoms with Crippen molar-refractivity contribution in [3.8, 4) is 0 Å². The van der Waals surface area contributed by atoms with Gasteiger partial charge in [-0.15, -0.1) is 5.10 Å². The van der Waals surface area contributed by atoms with Gasteiger partial charge in [-0.05, 0) is 57.2 Å². The Bertz CT molecular complexity index is 1260. The van der Waals surface area contributed by atoms with Gasteiger partial charge in [-0.3, -0.25) is 9.78 Å². The second kappa shape index (κ2) is 11.8. The van der Waals surface area contributed by atoms with Gasteiger partial charge in [0.25, 0.3) is 5.56 Å². The molecule has 0 fully saturated rings. The number of benzene rings is 3. The van der Waals surface area contributed by atoms with E-state index in [0.29, 0.717) is 19.6 Å². The van der Waals surface area contributed by atoms with Crippen molar-refractivity contribution >= 4 is 30.7 Å². The number of hydrogen-bond donors (Lipinski definition) is 3. The predicted molar refractivity (Wildman–Crippen MR) is 154 cm³/mol. The molecule has 3 N–H and O–H groups in total. The summed E-state index contributed by atoms with van der Waals surface area (Å²) >= 11 is 0. The van der Waals surface area contributed by atoms with Crippen LogP contribution in [-0.2, 0) is 0 Å². The minimum Gasteiger partial charge on any atom is -0.270 e. The molecule has 0 amide bonds. The molecule has 9 nitrogen and oxygen atoms in total. The molecule has 4 aromatic rings. The third-order valence-electron chi connectivity index (χ3n) is 6.04. The lowest BCUT2D eigenvalue weighted by molar-refractivity contribution is 0.895. The number of para-hydroxylation sites is 3. The Labute approximate surface area is 217 Å². The second-order valence-electron chi connectivity index (χ2n) is 8.19. The molecule has 0 aliphatic heterocycles. The van der Waals surface area contributed by atoms with Gasteiger partial charge in [0.1, 0.15) is 0 Å². The Hall–Kier alpha value is -4.10. The van der Waals surface area contributed by atoms with Gasteiger partial charge < -0.3 is 0 Å². The molecule has 1 aromatic heterocycles. The summed E-state index contributed by atoms with van der Waals surface area (Å²) in [5.74, 6) is 0.0473. The lowest BCUT2D eigenvalue weighted by atomic mass is 10.3. The molecule has 4 rings (SSSR count). The molecule has 0 aliphatic rings. The van der Waals surface area contributed by atoms with E-state index in [-0.39, 0.29) is 5.82 Å². The molecule has 0 saturated heterocycles. The van der Waals surface area contributed by atoms with Crippen molar-refractivity contribution in [2.45, 2.75) is 20.8 Å². The molecular formula is C27H33N7O2P+. The average Bonchev–Trinajstić information content (AvgIpc) is 2.93. The van der Waals surface area contributed by atoms with Crippen LogP contribution in [0.4, 0.5) is 22.9 Å². The first-order valence-electron chi connectivity index (χ1n) is 12.4. The summed E-state index contributed by atoms with van der Waals surface area (Å²) in [6.07, 6.45) is 0. The summed E-state index contributed by atoms with van der Waals surface area (Å²) in [6.45, 7) is 8.22. The molecule has 192 valence electrons. The van der Waals surface area contributed by atoms with Gasteiger partial charge in [0.2, 0.25) is 5.82 Å². The van der Waals surface area contributed by atoms with Gasteiger partial charge in [-0.25, -0.2) is 9.89 Å². The summed E-state index contributed by atoms with van der Waals surface area (Å²) < 4.78 is 6.94. The maximum absolute atomic E-state index is 13.0. The number of anilines is 4. The molecule has 3 aromatic carbocycles. The van der Waals surface area contributed by atoms with Crippen LogP contribution in [0.1, 0.15) is 20.8 Å². The lowest BCUT2D eigenvalue weighted by Crippen LogP contribution is -2.50. The van der Waals surface area contributed by atoms with Gasteiger partial charge in [0.15, 0.2) is 0 Å². The van der Waals surface area contributed by atoms with Crippen LogP contribution in [-0.4, -0.2) is 34.8 Å². The van der Waals surface area contributed by atoms with Crippen molar-refractivity contribution in [1.82, 2.24) is 15.2 Å². The Kier molecular flexibility index (Phi) is 8.25. The highest BCUT2D eigenvalue weighted by molar-refractivity contribution is 7.81. The van der Waals surface area contributed by atoms with Crippen LogP contribution in [0.15, 0.2) is 101 Å². The molecule has 0 radical (unpaired) electrons. The third-order valence-corrected chi connectivity index (χ3v) is 10.1. The average molecular weight is 519 g/mol. The number of H-pyrrole nitrogens is 2. The van der Waals surface area contributed by atoms with Crippen LogP contribution in [0.25, 0.3) is 0 Å². The van der Waals surface area contributed by atoms with E-state index in [4.69, 9.17) is 0 Å². The van der Waals surface area contributed by atoms with E-state index in [1.807, 2.05) is 54.6 Å². The second-order valence-corrected chi connectivity index (χ2v) is 11.0. The van der Waals surface area contributed by atoms with Crippen molar-refractivity contribution in [2.75, 3.05) is 38.7 Å². The van der Waals surface area contributed by atoms with E-state index in [1.165, 1.54) is 0 Å². The fourth-order valence-electron chi connectivity index (χ4n) is 4.56. The molecule has 0 aliphatic carbocycles. The molecule has 0 atom stereocenters. The predicted octanol–water partition coefficient (Wildman–Crippen LogP) is 5.13. The van der Waals surface area contributed by atoms with E-state index in [9.17, 15) is 9.59 Å². The van der Waals surface area contributed by atoms with Crippen molar-refractivity contribution < 1.29 is 0 Å². The first-order valence-corrected chi connectivity index (χ1v) is 14.0. The molecule has 10 heteroatoms. The smallest absolute Gasteiger partial charge is 0.270 e. The fraction of sp³-hybridized carbons (Fsp3) is 0.222. The number of aromatic amines is 2. The van der Waals surface area contributed by atoms with Crippen molar-refractivity contribution in [1.29, 1.82) is 0 Å². The SMILES string of the molecule is CCN(c1ccccc1)[P+](Nc1n[nH]c(=O)[nH]c1=O)(N(CC)c1ccccc1)N(CC)c1ccccc1. The summed E-state index contributed by atoms with van der Waals surface area (Å²) in [6, 6.07) is 30.5. The number of rotatable bonds is 11. The minimum absolute atomic E-state index is 0.0473. The van der Waals surface area contributed by atoms with E-state index >= 15 is 0 Å². The molecule has 0 saturated carbocycles. The van der Waals surface area contributed by atoms with E-state index in [0.717, 1.165) is 17.1 Å². The Balaban J connectivity index is 2.09. The van der Waals surface area contributed by atoms with Gasteiger partial charge in [0.05, 0.1) is 36.7 Å². The Morgan fingerprint density at radius 3 is 1.38 bits per heavy atom. The van der Waals surface area contributed by atoms with Gasteiger partial charge in [-0.1, -0.05) is 54.6 Å². The number of nitrogens with zero attached hydrogens (tertiary/aromatic N) is 4. The molecule has 0 spiro atoms. The van der Waals surface area contributed by atoms with Crippen LogP contribution in [0.3, 0.4) is 0 Å². The van der Waals surface area contributed by atoms with Crippen LogP contribution in [0.2, 0.25) is 0 Å². The Morgan fingerprint density at radius 1 is 0.676 bits per heavy atom. The number of nitrogens with one attached hydrogen (secondary N) is 3. The molecule has 0 bridgehead atoms. The first-order chi connectivity index (χ1) is 18.0.